The Morgan fingerprint density at radius 2 is 0.976 bits per heavy atom. The molecule has 1 aliphatic carbocycles. The summed E-state index contributed by atoms with van der Waals surface area (Å²) >= 11 is 0. The number of rotatable bonds is 0. The van der Waals surface area contributed by atoms with Crippen molar-refractivity contribution in [1.82, 2.24) is 0 Å². The van der Waals surface area contributed by atoms with Crippen LogP contribution in [0.1, 0.15) is 24.0 Å². The summed E-state index contributed by atoms with van der Waals surface area (Å²) in [4.78, 5) is 0. The molecule has 0 amide bonds. The Bertz CT molecular complexity index is 2440. The molecule has 0 aromatic heterocycles. The van der Waals surface area contributed by atoms with E-state index in [1.807, 2.05) is 0 Å². The van der Waals surface area contributed by atoms with Crippen molar-refractivity contribution in [3.05, 3.63) is 145 Å². The highest BCUT2D eigenvalue weighted by atomic mass is 14.3. The molecule has 9 aromatic carbocycles. The van der Waals surface area contributed by atoms with Gasteiger partial charge in [-0.3, -0.25) is 0 Å². The van der Waals surface area contributed by atoms with E-state index in [0.29, 0.717) is 5.92 Å². The molecule has 0 nitrogen and oxygen atoms in total. The molecule has 0 saturated heterocycles. The average Bonchev–Trinajstić information content (AvgIpc) is 3.37. The van der Waals surface area contributed by atoms with Crippen molar-refractivity contribution in [2.75, 3.05) is 0 Å². The number of fused-ring (bicyclic) bond motifs is 6. The van der Waals surface area contributed by atoms with E-state index in [1.165, 1.54) is 87.4 Å². The second-order valence-corrected chi connectivity index (χ2v) is 11.7. The lowest BCUT2D eigenvalue weighted by atomic mass is 9.91. The molecule has 41 heavy (non-hydrogen) atoms. The molecule has 0 spiro atoms. The first-order valence-electron chi connectivity index (χ1n) is 14.7. The van der Waals surface area contributed by atoms with Crippen LogP contribution >= 0.6 is 0 Å². The molecule has 0 radical (unpaired) electrons. The van der Waals surface area contributed by atoms with E-state index in [4.69, 9.17) is 0 Å². The standard InChI is InChI=1S/C21H16.C20H12/c1-13-11-15-6-4-7-16-12-19-17-8-3-2-5-14(17)9-10-18(19)20(13)21(15)16;1-2-7-17-15(4-1)12-16-9-8-13-5-3-6-14-10-11-18(17)20(16)19(13)14/h2-10,12-13H,11H2,1H3;1-12H. The Morgan fingerprint density at radius 1 is 0.390 bits per heavy atom. The molecule has 0 N–H and O–H groups in total. The molecule has 0 heteroatoms. The van der Waals surface area contributed by atoms with Crippen LogP contribution in [0.3, 0.4) is 0 Å². The fourth-order valence-corrected chi connectivity index (χ4v) is 7.65. The van der Waals surface area contributed by atoms with Gasteiger partial charge < -0.3 is 0 Å². The zero-order chi connectivity index (χ0) is 27.1. The van der Waals surface area contributed by atoms with Gasteiger partial charge in [-0.05, 0) is 111 Å². The quantitative estimate of drug-likeness (QED) is 0.138. The van der Waals surface area contributed by atoms with E-state index in [-0.39, 0.29) is 0 Å². The minimum absolute atomic E-state index is 0.620. The summed E-state index contributed by atoms with van der Waals surface area (Å²) < 4.78 is 0. The van der Waals surface area contributed by atoms with Crippen LogP contribution in [0.25, 0.3) is 75.4 Å². The third-order valence-electron chi connectivity index (χ3n) is 9.40. The van der Waals surface area contributed by atoms with E-state index < -0.39 is 0 Å². The lowest BCUT2D eigenvalue weighted by molar-refractivity contribution is 0.804. The highest BCUT2D eigenvalue weighted by molar-refractivity contribution is 6.28. The van der Waals surface area contributed by atoms with Crippen LogP contribution in [0.4, 0.5) is 0 Å². The van der Waals surface area contributed by atoms with Crippen molar-refractivity contribution in [2.24, 2.45) is 0 Å². The van der Waals surface area contributed by atoms with Crippen LogP contribution in [-0.4, -0.2) is 0 Å². The van der Waals surface area contributed by atoms with Gasteiger partial charge in [-0.15, -0.1) is 0 Å². The van der Waals surface area contributed by atoms with Crippen LogP contribution in [0.15, 0.2) is 133 Å². The van der Waals surface area contributed by atoms with Crippen molar-refractivity contribution < 1.29 is 0 Å². The maximum Gasteiger partial charge on any atom is -0.00204 e. The molecule has 0 bridgehead atoms. The largest absolute Gasteiger partial charge is 0.0616 e. The first-order chi connectivity index (χ1) is 20.2. The summed E-state index contributed by atoms with van der Waals surface area (Å²) in [5.74, 6) is 0.620. The highest BCUT2D eigenvalue weighted by Crippen LogP contribution is 2.44. The minimum atomic E-state index is 0.620. The molecular weight excluding hydrogens is 492 g/mol. The Kier molecular flexibility index (Phi) is 4.75. The smallest absolute Gasteiger partial charge is 0.00204 e. The SMILES string of the molecule is CC1Cc2cccc3cc4c(ccc5ccccc54)c1c23.c1ccc2c(c1)cc1ccc3cccc4ccc2c1c34. The van der Waals surface area contributed by atoms with Crippen molar-refractivity contribution in [3.8, 4) is 0 Å². The van der Waals surface area contributed by atoms with E-state index >= 15 is 0 Å². The fourth-order valence-electron chi connectivity index (χ4n) is 7.65. The van der Waals surface area contributed by atoms with E-state index in [2.05, 4.69) is 140 Å². The maximum atomic E-state index is 2.39. The summed E-state index contributed by atoms with van der Waals surface area (Å²) in [5, 5.41) is 19.3. The summed E-state index contributed by atoms with van der Waals surface area (Å²) in [6.07, 6.45) is 1.18. The molecule has 192 valence electrons. The Labute approximate surface area is 238 Å². The molecule has 1 aliphatic rings. The van der Waals surface area contributed by atoms with Gasteiger partial charge in [0.15, 0.2) is 0 Å². The van der Waals surface area contributed by atoms with Crippen molar-refractivity contribution in [3.63, 3.8) is 0 Å². The normalized spacial score (nSPS) is 14.6. The number of benzene rings is 9. The molecule has 0 fully saturated rings. The van der Waals surface area contributed by atoms with Crippen LogP contribution in [-0.2, 0) is 6.42 Å². The van der Waals surface area contributed by atoms with Gasteiger partial charge in [-0.1, -0.05) is 128 Å². The number of hydrogen-bond donors (Lipinski definition) is 0. The van der Waals surface area contributed by atoms with Crippen molar-refractivity contribution >= 4 is 75.4 Å². The maximum absolute atomic E-state index is 2.39. The van der Waals surface area contributed by atoms with Gasteiger partial charge in [0.1, 0.15) is 0 Å². The molecule has 10 rings (SSSR count). The van der Waals surface area contributed by atoms with Crippen LogP contribution in [0.2, 0.25) is 0 Å². The van der Waals surface area contributed by atoms with E-state index in [9.17, 15) is 0 Å². The first kappa shape index (κ1) is 22.8. The van der Waals surface area contributed by atoms with Crippen LogP contribution in [0.5, 0.6) is 0 Å². The predicted octanol–water partition coefficient (Wildman–Crippen LogP) is 11.5. The Hall–Kier alpha value is -4.94. The van der Waals surface area contributed by atoms with E-state index in [1.54, 1.807) is 5.56 Å². The summed E-state index contributed by atoms with van der Waals surface area (Å²) in [5.41, 5.74) is 3.08. The van der Waals surface area contributed by atoms with Gasteiger partial charge in [-0.2, -0.15) is 0 Å². The van der Waals surface area contributed by atoms with Crippen LogP contribution < -0.4 is 0 Å². The highest BCUT2D eigenvalue weighted by Gasteiger charge is 2.23. The third-order valence-corrected chi connectivity index (χ3v) is 9.40. The summed E-state index contributed by atoms with van der Waals surface area (Å²) in [6.45, 7) is 2.36. The van der Waals surface area contributed by atoms with E-state index in [0.717, 1.165) is 0 Å². The zero-order valence-corrected chi connectivity index (χ0v) is 23.0. The average molecular weight is 521 g/mol. The van der Waals surface area contributed by atoms with Crippen molar-refractivity contribution in [1.29, 1.82) is 0 Å². The first-order valence-corrected chi connectivity index (χ1v) is 14.7. The lowest BCUT2D eigenvalue weighted by Crippen LogP contribution is -1.91. The van der Waals surface area contributed by atoms with Crippen LogP contribution in [0, 0.1) is 0 Å². The van der Waals surface area contributed by atoms with Crippen molar-refractivity contribution in [2.45, 2.75) is 19.3 Å². The second-order valence-electron chi connectivity index (χ2n) is 11.7. The zero-order valence-electron chi connectivity index (χ0n) is 23.0. The molecule has 0 heterocycles. The molecule has 0 saturated carbocycles. The van der Waals surface area contributed by atoms with Gasteiger partial charge in [0.05, 0.1) is 0 Å². The molecular formula is C41H28. The minimum Gasteiger partial charge on any atom is -0.0616 e. The third kappa shape index (κ3) is 3.28. The monoisotopic (exact) mass is 520 g/mol. The van der Waals surface area contributed by atoms with Gasteiger partial charge in [0.2, 0.25) is 0 Å². The summed E-state index contributed by atoms with van der Waals surface area (Å²) in [7, 11) is 0. The predicted molar refractivity (Wildman–Crippen MR) is 179 cm³/mol. The fraction of sp³-hybridized carbons (Fsp3) is 0.0732. The molecule has 0 aliphatic heterocycles. The lowest BCUT2D eigenvalue weighted by Gasteiger charge is -2.12. The van der Waals surface area contributed by atoms with Gasteiger partial charge in [0.25, 0.3) is 0 Å². The number of hydrogen-bond acceptors (Lipinski definition) is 0. The molecule has 9 aromatic rings. The Balaban J connectivity index is 0.000000117. The topological polar surface area (TPSA) is 0 Å². The summed E-state index contributed by atoms with van der Waals surface area (Å²) in [6, 6.07) is 49.0. The Morgan fingerprint density at radius 3 is 1.83 bits per heavy atom. The van der Waals surface area contributed by atoms with Gasteiger partial charge in [0, 0.05) is 0 Å². The molecule has 1 atom stereocenters. The van der Waals surface area contributed by atoms with Gasteiger partial charge >= 0.3 is 0 Å². The van der Waals surface area contributed by atoms with Gasteiger partial charge in [-0.25, -0.2) is 0 Å². The molecule has 1 unspecified atom stereocenters. The second kappa shape index (κ2) is 8.53.